The molecule has 1 amide bonds. The van der Waals surface area contributed by atoms with Crippen molar-refractivity contribution in [3.8, 4) is 6.07 Å². The molecule has 1 aliphatic rings. The maximum atomic E-state index is 12.2. The number of nitrogens with zero attached hydrogens (tertiary/aromatic N) is 1. The lowest BCUT2D eigenvalue weighted by Crippen LogP contribution is -2.52. The first-order valence-electron chi connectivity index (χ1n) is 7.68. The molecule has 0 heterocycles. The molecular weight excluding hydrogens is 314 g/mol. The molecule has 1 aromatic carbocycles. The van der Waals surface area contributed by atoms with Crippen LogP contribution in [0.4, 0.5) is 0 Å². The molecule has 1 saturated carbocycles. The van der Waals surface area contributed by atoms with E-state index in [0.717, 1.165) is 6.42 Å². The molecule has 0 aromatic heterocycles. The molecule has 2 N–H and O–H groups in total. The quantitative estimate of drug-likeness (QED) is 0.830. The number of nitrogens with one attached hydrogen (secondary N) is 2. The molecule has 1 fully saturated rings. The highest BCUT2D eigenvalue weighted by Crippen LogP contribution is 2.31. The van der Waals surface area contributed by atoms with Gasteiger partial charge in [0.15, 0.2) is 0 Å². The van der Waals surface area contributed by atoms with Crippen molar-refractivity contribution in [2.75, 3.05) is 0 Å². The molecule has 1 aromatic rings. The number of rotatable bonds is 6. The molecule has 1 aliphatic carbocycles. The molecule has 7 heteroatoms. The molecule has 0 aliphatic heterocycles. The number of amides is 1. The van der Waals surface area contributed by atoms with E-state index in [1.807, 2.05) is 6.92 Å². The molecule has 23 heavy (non-hydrogen) atoms. The topological polar surface area (TPSA) is 99.1 Å². The summed E-state index contributed by atoms with van der Waals surface area (Å²) >= 11 is 0. The summed E-state index contributed by atoms with van der Waals surface area (Å²) in [4.78, 5) is 12.3. The van der Waals surface area contributed by atoms with Gasteiger partial charge in [0.1, 0.15) is 5.54 Å². The number of hydrogen-bond donors (Lipinski definition) is 2. The largest absolute Gasteiger partial charge is 0.334 e. The number of carbonyl (C=O) groups excluding carboxylic acids is 1. The van der Waals surface area contributed by atoms with Crippen LogP contribution in [-0.2, 0) is 10.0 Å². The first-order chi connectivity index (χ1) is 10.8. The summed E-state index contributed by atoms with van der Waals surface area (Å²) in [5, 5.41) is 11.9. The van der Waals surface area contributed by atoms with Gasteiger partial charge in [0.25, 0.3) is 5.91 Å². The van der Waals surface area contributed by atoms with Gasteiger partial charge in [-0.25, -0.2) is 13.1 Å². The number of benzene rings is 1. The number of nitriles is 1. The monoisotopic (exact) mass is 335 g/mol. The van der Waals surface area contributed by atoms with Crippen LogP contribution in [0.3, 0.4) is 0 Å². The zero-order chi connectivity index (χ0) is 17.1. The van der Waals surface area contributed by atoms with Crippen LogP contribution in [-0.4, -0.2) is 25.9 Å². The van der Waals surface area contributed by atoms with Crippen LogP contribution in [0.5, 0.6) is 0 Å². The number of sulfonamides is 1. The minimum Gasteiger partial charge on any atom is -0.334 e. The van der Waals surface area contributed by atoms with Gasteiger partial charge < -0.3 is 5.32 Å². The van der Waals surface area contributed by atoms with Crippen LogP contribution >= 0.6 is 0 Å². The van der Waals surface area contributed by atoms with E-state index in [1.54, 1.807) is 6.92 Å². The summed E-state index contributed by atoms with van der Waals surface area (Å²) in [7, 11) is -3.58. The Kier molecular flexibility index (Phi) is 5.07. The smallest absolute Gasteiger partial charge is 0.252 e. The molecule has 0 saturated heterocycles. The van der Waals surface area contributed by atoms with E-state index >= 15 is 0 Å². The lowest BCUT2D eigenvalue weighted by molar-refractivity contribution is 0.0881. The van der Waals surface area contributed by atoms with E-state index in [1.165, 1.54) is 24.3 Å². The van der Waals surface area contributed by atoms with Gasteiger partial charge in [0.2, 0.25) is 10.0 Å². The molecule has 6 nitrogen and oxygen atoms in total. The Bertz CT molecular complexity index is 716. The van der Waals surface area contributed by atoms with Crippen molar-refractivity contribution in [2.24, 2.45) is 0 Å². The first kappa shape index (κ1) is 17.4. The zero-order valence-electron chi connectivity index (χ0n) is 13.3. The second-order valence-electron chi connectivity index (χ2n) is 5.96. The molecule has 1 unspecified atom stereocenters. The van der Waals surface area contributed by atoms with E-state index in [-0.39, 0.29) is 16.8 Å². The van der Waals surface area contributed by atoms with Crippen molar-refractivity contribution in [2.45, 2.75) is 56.0 Å². The molecular formula is C16H21N3O3S. The molecule has 0 spiro atoms. The zero-order valence-corrected chi connectivity index (χ0v) is 14.1. The fourth-order valence-electron chi connectivity index (χ4n) is 2.29. The van der Waals surface area contributed by atoms with Crippen LogP contribution in [0.2, 0.25) is 0 Å². The first-order valence-corrected chi connectivity index (χ1v) is 9.16. The van der Waals surface area contributed by atoms with Crippen molar-refractivity contribution in [3.63, 3.8) is 0 Å². The highest BCUT2D eigenvalue weighted by atomic mass is 32.2. The van der Waals surface area contributed by atoms with Gasteiger partial charge in [-0.1, -0.05) is 6.92 Å². The summed E-state index contributed by atoms with van der Waals surface area (Å²) in [5.41, 5.74) is -0.422. The average molecular weight is 335 g/mol. The third-order valence-electron chi connectivity index (χ3n) is 4.17. The fourth-order valence-corrected chi connectivity index (χ4v) is 3.61. The van der Waals surface area contributed by atoms with Crippen LogP contribution in [0.25, 0.3) is 0 Å². The molecule has 124 valence electrons. The van der Waals surface area contributed by atoms with Gasteiger partial charge in [-0.05, 0) is 56.9 Å². The van der Waals surface area contributed by atoms with E-state index in [4.69, 9.17) is 5.26 Å². The SMILES string of the molecule is CCC(C)NS(=O)(=O)c1ccc(C(=O)NC2(C#N)CCC2)cc1. The summed E-state index contributed by atoms with van der Waals surface area (Å²) < 4.78 is 26.9. The van der Waals surface area contributed by atoms with Gasteiger partial charge in [0, 0.05) is 11.6 Å². The second-order valence-corrected chi connectivity index (χ2v) is 7.67. The maximum absolute atomic E-state index is 12.2. The van der Waals surface area contributed by atoms with Gasteiger partial charge in [0.05, 0.1) is 11.0 Å². The van der Waals surface area contributed by atoms with Crippen LogP contribution < -0.4 is 10.0 Å². The fraction of sp³-hybridized carbons (Fsp3) is 0.500. The van der Waals surface area contributed by atoms with E-state index in [2.05, 4.69) is 16.1 Å². The summed E-state index contributed by atoms with van der Waals surface area (Å²) in [5.74, 6) is -0.356. The Morgan fingerprint density at radius 2 is 1.96 bits per heavy atom. The minimum absolute atomic E-state index is 0.119. The lowest BCUT2D eigenvalue weighted by atomic mass is 9.78. The third kappa shape index (κ3) is 3.89. The van der Waals surface area contributed by atoms with Crippen molar-refractivity contribution in [1.82, 2.24) is 10.0 Å². The Morgan fingerprint density at radius 1 is 1.35 bits per heavy atom. The summed E-state index contributed by atoms with van der Waals surface area (Å²) in [6.07, 6.45) is 2.92. The van der Waals surface area contributed by atoms with Crippen LogP contribution in [0.1, 0.15) is 49.9 Å². The van der Waals surface area contributed by atoms with Gasteiger partial charge in [-0.15, -0.1) is 0 Å². The molecule has 1 atom stereocenters. The van der Waals surface area contributed by atoms with E-state index in [0.29, 0.717) is 24.8 Å². The molecule has 2 rings (SSSR count). The highest BCUT2D eigenvalue weighted by molar-refractivity contribution is 7.89. The lowest BCUT2D eigenvalue weighted by Gasteiger charge is -2.35. The normalized spacial score (nSPS) is 17.6. The van der Waals surface area contributed by atoms with Crippen molar-refractivity contribution >= 4 is 15.9 Å². The average Bonchev–Trinajstić information content (AvgIpc) is 2.50. The standard InChI is InChI=1S/C16H21N3O3S/c1-3-12(2)19-23(21,22)14-7-5-13(6-8-14)15(20)18-16(11-17)9-4-10-16/h5-8,12,19H,3-4,9-10H2,1-2H3,(H,18,20). The Balaban J connectivity index is 2.10. The minimum atomic E-state index is -3.58. The van der Waals surface area contributed by atoms with Gasteiger partial charge >= 0.3 is 0 Å². The second kappa shape index (κ2) is 6.69. The summed E-state index contributed by atoms with van der Waals surface area (Å²) in [6, 6.07) is 7.72. The molecule has 0 bridgehead atoms. The van der Waals surface area contributed by atoms with E-state index in [9.17, 15) is 13.2 Å². The maximum Gasteiger partial charge on any atom is 0.252 e. The Morgan fingerprint density at radius 3 is 2.39 bits per heavy atom. The third-order valence-corrected chi connectivity index (χ3v) is 5.77. The van der Waals surface area contributed by atoms with Crippen molar-refractivity contribution in [3.05, 3.63) is 29.8 Å². The summed E-state index contributed by atoms with van der Waals surface area (Å²) in [6.45, 7) is 3.69. The van der Waals surface area contributed by atoms with Crippen molar-refractivity contribution < 1.29 is 13.2 Å². The van der Waals surface area contributed by atoms with Gasteiger partial charge in [-0.2, -0.15) is 5.26 Å². The predicted octanol–water partition coefficient (Wildman–Crippen LogP) is 1.94. The van der Waals surface area contributed by atoms with Crippen LogP contribution in [0.15, 0.2) is 29.2 Å². The molecule has 0 radical (unpaired) electrons. The Hall–Kier alpha value is -1.91. The predicted molar refractivity (Wildman–Crippen MR) is 86.2 cm³/mol. The Labute approximate surface area is 136 Å². The van der Waals surface area contributed by atoms with E-state index < -0.39 is 15.6 Å². The van der Waals surface area contributed by atoms with Crippen LogP contribution in [0, 0.1) is 11.3 Å². The highest BCUT2D eigenvalue weighted by Gasteiger charge is 2.38. The number of carbonyl (C=O) groups is 1. The number of hydrogen-bond acceptors (Lipinski definition) is 4. The van der Waals surface area contributed by atoms with Crippen molar-refractivity contribution in [1.29, 1.82) is 5.26 Å². The van der Waals surface area contributed by atoms with Gasteiger partial charge in [-0.3, -0.25) is 4.79 Å².